The lowest BCUT2D eigenvalue weighted by atomic mass is 9.90. The Bertz CT molecular complexity index is 562. The SMILES string of the molecule is CC[C@@](C)(CO)COCc1cccc(Oc2ccccc2)c1. The smallest absolute Gasteiger partial charge is 0.127 e. The van der Waals surface area contributed by atoms with E-state index in [-0.39, 0.29) is 12.0 Å². The fourth-order valence-corrected chi connectivity index (χ4v) is 2.00. The van der Waals surface area contributed by atoms with Gasteiger partial charge in [0, 0.05) is 5.41 Å². The summed E-state index contributed by atoms with van der Waals surface area (Å²) in [4.78, 5) is 0. The summed E-state index contributed by atoms with van der Waals surface area (Å²) in [7, 11) is 0. The zero-order valence-electron chi connectivity index (χ0n) is 13.3. The Morgan fingerprint density at radius 3 is 2.41 bits per heavy atom. The molecule has 3 nitrogen and oxygen atoms in total. The summed E-state index contributed by atoms with van der Waals surface area (Å²) in [6.45, 7) is 5.29. The Hall–Kier alpha value is -1.84. The van der Waals surface area contributed by atoms with E-state index < -0.39 is 0 Å². The maximum Gasteiger partial charge on any atom is 0.127 e. The number of aliphatic hydroxyl groups is 1. The molecule has 0 saturated carbocycles. The van der Waals surface area contributed by atoms with Crippen LogP contribution in [0.15, 0.2) is 54.6 Å². The fourth-order valence-electron chi connectivity index (χ4n) is 2.00. The number of benzene rings is 2. The molecule has 0 amide bonds. The van der Waals surface area contributed by atoms with Gasteiger partial charge >= 0.3 is 0 Å². The molecular weight excluding hydrogens is 276 g/mol. The van der Waals surface area contributed by atoms with Crippen molar-refractivity contribution in [2.45, 2.75) is 26.9 Å². The fraction of sp³-hybridized carbons (Fsp3) is 0.368. The molecule has 0 fully saturated rings. The maximum atomic E-state index is 9.39. The third kappa shape index (κ3) is 4.86. The van der Waals surface area contributed by atoms with Gasteiger partial charge in [-0.3, -0.25) is 0 Å². The van der Waals surface area contributed by atoms with Crippen molar-refractivity contribution < 1.29 is 14.6 Å². The van der Waals surface area contributed by atoms with Gasteiger partial charge < -0.3 is 14.6 Å². The van der Waals surface area contributed by atoms with Crippen LogP contribution in [0.5, 0.6) is 11.5 Å². The summed E-state index contributed by atoms with van der Waals surface area (Å²) in [5.41, 5.74) is 0.892. The van der Waals surface area contributed by atoms with Crippen molar-refractivity contribution in [2.24, 2.45) is 5.41 Å². The van der Waals surface area contributed by atoms with Crippen LogP contribution in [0.1, 0.15) is 25.8 Å². The third-order valence-corrected chi connectivity index (χ3v) is 3.83. The van der Waals surface area contributed by atoms with Crippen LogP contribution in [0, 0.1) is 5.41 Å². The average molecular weight is 300 g/mol. The first-order chi connectivity index (χ1) is 10.6. The van der Waals surface area contributed by atoms with E-state index in [4.69, 9.17) is 9.47 Å². The number of aliphatic hydroxyl groups excluding tert-OH is 1. The summed E-state index contributed by atoms with van der Waals surface area (Å²) in [6.07, 6.45) is 0.890. The van der Waals surface area contributed by atoms with Crippen molar-refractivity contribution in [3.05, 3.63) is 60.2 Å². The molecule has 0 heterocycles. The second-order valence-electron chi connectivity index (χ2n) is 5.88. The lowest BCUT2D eigenvalue weighted by Crippen LogP contribution is -2.26. The number of para-hydroxylation sites is 1. The van der Waals surface area contributed by atoms with E-state index in [9.17, 15) is 5.11 Å². The summed E-state index contributed by atoms with van der Waals surface area (Å²) < 4.78 is 11.6. The molecule has 0 saturated heterocycles. The highest BCUT2D eigenvalue weighted by Crippen LogP contribution is 2.24. The molecule has 1 atom stereocenters. The van der Waals surface area contributed by atoms with Crippen LogP contribution in [0.2, 0.25) is 0 Å². The minimum atomic E-state index is -0.169. The Labute approximate surface area is 132 Å². The lowest BCUT2D eigenvalue weighted by molar-refractivity contribution is 0.00722. The molecule has 0 radical (unpaired) electrons. The Morgan fingerprint density at radius 2 is 1.73 bits per heavy atom. The summed E-state index contributed by atoms with van der Waals surface area (Å²) in [5, 5.41) is 9.39. The highest BCUT2D eigenvalue weighted by atomic mass is 16.5. The molecule has 2 aromatic rings. The van der Waals surface area contributed by atoms with E-state index >= 15 is 0 Å². The molecule has 0 aliphatic heterocycles. The molecule has 118 valence electrons. The Balaban J connectivity index is 1.92. The molecule has 2 aromatic carbocycles. The van der Waals surface area contributed by atoms with E-state index in [0.29, 0.717) is 13.2 Å². The van der Waals surface area contributed by atoms with E-state index in [1.165, 1.54) is 0 Å². The van der Waals surface area contributed by atoms with Gasteiger partial charge in [-0.15, -0.1) is 0 Å². The second kappa shape index (κ2) is 7.97. The molecule has 0 aromatic heterocycles. The van der Waals surface area contributed by atoms with Crippen molar-refractivity contribution in [3.63, 3.8) is 0 Å². The Kier molecular flexibility index (Phi) is 5.99. The molecule has 3 heteroatoms. The van der Waals surface area contributed by atoms with Gasteiger partial charge in [-0.1, -0.05) is 44.2 Å². The average Bonchev–Trinajstić information content (AvgIpc) is 2.56. The molecule has 0 unspecified atom stereocenters. The third-order valence-electron chi connectivity index (χ3n) is 3.83. The van der Waals surface area contributed by atoms with E-state index in [1.807, 2.05) is 61.5 Å². The van der Waals surface area contributed by atoms with Gasteiger partial charge in [-0.2, -0.15) is 0 Å². The summed E-state index contributed by atoms with van der Waals surface area (Å²) in [6, 6.07) is 17.6. The highest BCUT2D eigenvalue weighted by molar-refractivity contribution is 5.33. The van der Waals surface area contributed by atoms with Crippen LogP contribution in [0.4, 0.5) is 0 Å². The van der Waals surface area contributed by atoms with Gasteiger partial charge in [-0.25, -0.2) is 0 Å². The number of hydrogen-bond donors (Lipinski definition) is 1. The van der Waals surface area contributed by atoms with Crippen LogP contribution in [-0.4, -0.2) is 18.3 Å². The van der Waals surface area contributed by atoms with Gasteiger partial charge in [-0.05, 0) is 36.2 Å². The number of rotatable bonds is 8. The van der Waals surface area contributed by atoms with Crippen molar-refractivity contribution in [1.29, 1.82) is 0 Å². The molecule has 2 rings (SSSR count). The molecule has 0 bridgehead atoms. The topological polar surface area (TPSA) is 38.7 Å². The molecule has 0 aliphatic carbocycles. The van der Waals surface area contributed by atoms with Gasteiger partial charge in [0.05, 0.1) is 19.8 Å². The molecule has 0 spiro atoms. The number of hydrogen-bond acceptors (Lipinski definition) is 3. The normalized spacial score (nSPS) is 13.6. The van der Waals surface area contributed by atoms with Gasteiger partial charge in [0.1, 0.15) is 11.5 Å². The van der Waals surface area contributed by atoms with Crippen LogP contribution in [0.3, 0.4) is 0 Å². The standard InChI is InChI=1S/C19H24O3/c1-3-19(2,14-20)15-21-13-16-8-7-11-18(12-16)22-17-9-5-4-6-10-17/h4-12,20H,3,13-15H2,1-2H3/t19-/m0/s1. The second-order valence-corrected chi connectivity index (χ2v) is 5.88. The first kappa shape index (κ1) is 16.5. The molecular formula is C19H24O3. The van der Waals surface area contributed by atoms with Crippen molar-refractivity contribution in [3.8, 4) is 11.5 Å². The van der Waals surface area contributed by atoms with Gasteiger partial charge in [0.25, 0.3) is 0 Å². The first-order valence-electron chi connectivity index (χ1n) is 7.66. The monoisotopic (exact) mass is 300 g/mol. The minimum Gasteiger partial charge on any atom is -0.457 e. The van der Waals surface area contributed by atoms with Crippen molar-refractivity contribution in [1.82, 2.24) is 0 Å². The molecule has 22 heavy (non-hydrogen) atoms. The minimum absolute atomic E-state index is 0.140. The maximum absolute atomic E-state index is 9.39. The summed E-state index contributed by atoms with van der Waals surface area (Å²) >= 11 is 0. The molecule has 1 N–H and O–H groups in total. The zero-order chi connectivity index (χ0) is 15.8. The first-order valence-corrected chi connectivity index (χ1v) is 7.66. The van der Waals surface area contributed by atoms with E-state index in [2.05, 4.69) is 6.92 Å². The van der Waals surface area contributed by atoms with Crippen LogP contribution in [-0.2, 0) is 11.3 Å². The number of ether oxygens (including phenoxy) is 2. The lowest BCUT2D eigenvalue weighted by Gasteiger charge is -2.25. The Morgan fingerprint density at radius 1 is 1.00 bits per heavy atom. The highest BCUT2D eigenvalue weighted by Gasteiger charge is 2.21. The van der Waals surface area contributed by atoms with Crippen molar-refractivity contribution in [2.75, 3.05) is 13.2 Å². The van der Waals surface area contributed by atoms with Gasteiger partial charge in [0.15, 0.2) is 0 Å². The predicted octanol–water partition coefficient (Wildman–Crippen LogP) is 4.40. The van der Waals surface area contributed by atoms with Gasteiger partial charge in [0.2, 0.25) is 0 Å². The predicted molar refractivity (Wildman–Crippen MR) is 88.1 cm³/mol. The zero-order valence-corrected chi connectivity index (χ0v) is 13.3. The van der Waals surface area contributed by atoms with E-state index in [1.54, 1.807) is 0 Å². The van der Waals surface area contributed by atoms with Crippen molar-refractivity contribution >= 4 is 0 Å². The largest absolute Gasteiger partial charge is 0.457 e. The summed E-state index contributed by atoms with van der Waals surface area (Å²) in [5.74, 6) is 1.62. The van der Waals surface area contributed by atoms with E-state index in [0.717, 1.165) is 23.5 Å². The van der Waals surface area contributed by atoms with Crippen LogP contribution in [0.25, 0.3) is 0 Å². The van der Waals surface area contributed by atoms with Crippen LogP contribution >= 0.6 is 0 Å². The molecule has 0 aliphatic rings. The quantitative estimate of drug-likeness (QED) is 0.785. The van der Waals surface area contributed by atoms with Crippen LogP contribution < -0.4 is 4.74 Å².